The molecule has 0 saturated heterocycles. The molecule has 0 saturated carbocycles. The number of carbonyl (C=O) groups excluding carboxylic acids is 1. The molecule has 0 unspecified atom stereocenters. The summed E-state index contributed by atoms with van der Waals surface area (Å²) in [6, 6.07) is 22.2. The lowest BCUT2D eigenvalue weighted by atomic mass is 10.1. The molecule has 5 heteroatoms. The lowest BCUT2D eigenvalue weighted by molar-refractivity contribution is 0.0953. The van der Waals surface area contributed by atoms with E-state index in [4.69, 9.17) is 9.72 Å². The van der Waals surface area contributed by atoms with Crippen LogP contribution in [0.1, 0.15) is 45.7 Å². The molecule has 0 spiro atoms. The third-order valence-electron chi connectivity index (χ3n) is 6.00. The number of ether oxygens (including phenoxy) is 1. The highest BCUT2D eigenvalue weighted by Crippen LogP contribution is 2.21. The van der Waals surface area contributed by atoms with E-state index in [1.54, 1.807) is 0 Å². The zero-order valence-electron chi connectivity index (χ0n) is 20.3. The quantitative estimate of drug-likeness (QED) is 0.308. The summed E-state index contributed by atoms with van der Waals surface area (Å²) in [7, 11) is 0. The van der Waals surface area contributed by atoms with E-state index in [0.717, 1.165) is 59.5 Å². The van der Waals surface area contributed by atoms with Crippen molar-refractivity contribution < 1.29 is 9.53 Å². The summed E-state index contributed by atoms with van der Waals surface area (Å²) in [6.07, 6.45) is 2.53. The Balaban J connectivity index is 1.34. The van der Waals surface area contributed by atoms with Crippen LogP contribution in [0.4, 0.5) is 0 Å². The first kappa shape index (κ1) is 23.6. The minimum Gasteiger partial charge on any atom is -0.493 e. The number of aryl methyl sites for hydroxylation is 5. The number of hydrogen-bond acceptors (Lipinski definition) is 3. The van der Waals surface area contributed by atoms with Crippen molar-refractivity contribution >= 4 is 16.9 Å². The third kappa shape index (κ3) is 5.84. The second kappa shape index (κ2) is 11.0. The van der Waals surface area contributed by atoms with Crippen LogP contribution in [0.2, 0.25) is 0 Å². The van der Waals surface area contributed by atoms with E-state index in [2.05, 4.69) is 60.1 Å². The van der Waals surface area contributed by atoms with Crippen molar-refractivity contribution in [2.24, 2.45) is 0 Å². The largest absolute Gasteiger partial charge is 0.493 e. The van der Waals surface area contributed by atoms with Crippen LogP contribution < -0.4 is 10.1 Å². The molecule has 0 aliphatic carbocycles. The van der Waals surface area contributed by atoms with Gasteiger partial charge in [-0.05, 0) is 75.1 Å². The second-order valence-corrected chi connectivity index (χ2v) is 8.87. The molecule has 34 heavy (non-hydrogen) atoms. The SMILES string of the molecule is Cc1cccc(C(=O)NCCCc2nc3ccccc3n2CCCOc2cc(C)ccc2C)c1. The van der Waals surface area contributed by atoms with E-state index in [0.29, 0.717) is 18.7 Å². The molecule has 0 aliphatic heterocycles. The van der Waals surface area contributed by atoms with Gasteiger partial charge < -0.3 is 14.6 Å². The van der Waals surface area contributed by atoms with Crippen molar-refractivity contribution in [1.82, 2.24) is 14.9 Å². The molecule has 0 bridgehead atoms. The van der Waals surface area contributed by atoms with E-state index in [1.807, 2.05) is 37.3 Å². The summed E-state index contributed by atoms with van der Waals surface area (Å²) >= 11 is 0. The number of nitrogens with one attached hydrogen (secondary N) is 1. The average Bonchev–Trinajstić information content (AvgIpc) is 3.19. The third-order valence-corrected chi connectivity index (χ3v) is 6.00. The standard InChI is InChI=1S/C29H33N3O2/c1-21-9-6-10-24(19-21)29(33)30-16-7-13-28-31-25-11-4-5-12-26(25)32(28)17-8-18-34-27-20-22(2)14-15-23(27)3/h4-6,9-12,14-15,19-20H,7-8,13,16-18H2,1-3H3,(H,30,33). The smallest absolute Gasteiger partial charge is 0.251 e. The minimum absolute atomic E-state index is 0.0270. The van der Waals surface area contributed by atoms with Crippen molar-refractivity contribution in [3.63, 3.8) is 0 Å². The molecule has 4 aromatic rings. The molecule has 0 atom stereocenters. The zero-order valence-corrected chi connectivity index (χ0v) is 20.3. The van der Waals surface area contributed by atoms with Crippen molar-refractivity contribution in [1.29, 1.82) is 0 Å². The normalized spacial score (nSPS) is 11.0. The predicted molar refractivity (Wildman–Crippen MR) is 138 cm³/mol. The first-order valence-corrected chi connectivity index (χ1v) is 12.0. The Kier molecular flexibility index (Phi) is 7.63. The van der Waals surface area contributed by atoms with Gasteiger partial charge in [-0.1, -0.05) is 42.0 Å². The van der Waals surface area contributed by atoms with Crippen LogP contribution in [0.3, 0.4) is 0 Å². The molecule has 3 aromatic carbocycles. The molecular weight excluding hydrogens is 422 g/mol. The predicted octanol–water partition coefficient (Wildman–Crippen LogP) is 5.79. The molecule has 0 fully saturated rings. The highest BCUT2D eigenvalue weighted by atomic mass is 16.5. The number of amides is 1. The average molecular weight is 456 g/mol. The molecule has 1 N–H and O–H groups in total. The minimum atomic E-state index is -0.0270. The zero-order chi connectivity index (χ0) is 23.9. The second-order valence-electron chi connectivity index (χ2n) is 8.87. The van der Waals surface area contributed by atoms with Crippen molar-refractivity contribution in [3.05, 3.63) is 94.8 Å². The van der Waals surface area contributed by atoms with Crippen LogP contribution in [0.5, 0.6) is 5.75 Å². The molecule has 5 nitrogen and oxygen atoms in total. The van der Waals surface area contributed by atoms with Gasteiger partial charge in [0.05, 0.1) is 17.6 Å². The van der Waals surface area contributed by atoms with E-state index < -0.39 is 0 Å². The van der Waals surface area contributed by atoms with E-state index in [-0.39, 0.29) is 5.91 Å². The van der Waals surface area contributed by atoms with Crippen molar-refractivity contribution in [2.45, 2.75) is 46.6 Å². The number of rotatable bonds is 10. The maximum Gasteiger partial charge on any atom is 0.251 e. The van der Waals surface area contributed by atoms with Gasteiger partial charge in [-0.3, -0.25) is 4.79 Å². The summed E-state index contributed by atoms with van der Waals surface area (Å²) in [5.74, 6) is 1.98. The van der Waals surface area contributed by atoms with E-state index in [9.17, 15) is 4.79 Å². The van der Waals surface area contributed by atoms with E-state index in [1.165, 1.54) is 5.56 Å². The van der Waals surface area contributed by atoms with Crippen LogP contribution in [-0.4, -0.2) is 28.6 Å². The molecule has 4 rings (SSSR count). The van der Waals surface area contributed by atoms with Crippen LogP contribution in [-0.2, 0) is 13.0 Å². The molecule has 1 amide bonds. The number of carbonyl (C=O) groups is 1. The lowest BCUT2D eigenvalue weighted by Gasteiger charge is -2.12. The maximum absolute atomic E-state index is 12.4. The van der Waals surface area contributed by atoms with Gasteiger partial charge in [-0.2, -0.15) is 0 Å². The van der Waals surface area contributed by atoms with Gasteiger partial charge in [0, 0.05) is 25.1 Å². The number of nitrogens with zero attached hydrogens (tertiary/aromatic N) is 2. The van der Waals surface area contributed by atoms with Gasteiger partial charge in [0.2, 0.25) is 0 Å². The first-order valence-electron chi connectivity index (χ1n) is 12.0. The molecular formula is C29H33N3O2. The molecule has 0 radical (unpaired) electrons. The molecule has 0 aliphatic rings. The van der Waals surface area contributed by atoms with Crippen LogP contribution in [0.25, 0.3) is 11.0 Å². The van der Waals surface area contributed by atoms with Crippen molar-refractivity contribution in [3.8, 4) is 5.75 Å². The van der Waals surface area contributed by atoms with E-state index >= 15 is 0 Å². The highest BCUT2D eigenvalue weighted by molar-refractivity contribution is 5.94. The van der Waals surface area contributed by atoms with Gasteiger partial charge in [0.25, 0.3) is 5.91 Å². The fraction of sp³-hybridized carbons (Fsp3) is 0.310. The summed E-state index contributed by atoms with van der Waals surface area (Å²) in [4.78, 5) is 17.3. The van der Waals surface area contributed by atoms with Gasteiger partial charge in [0.15, 0.2) is 0 Å². The Labute approximate surface area is 201 Å². The van der Waals surface area contributed by atoms with Gasteiger partial charge in [0.1, 0.15) is 11.6 Å². The molecule has 176 valence electrons. The van der Waals surface area contributed by atoms with Crippen LogP contribution in [0, 0.1) is 20.8 Å². The highest BCUT2D eigenvalue weighted by Gasteiger charge is 2.11. The van der Waals surface area contributed by atoms with Gasteiger partial charge in [-0.25, -0.2) is 4.98 Å². The summed E-state index contributed by atoms with van der Waals surface area (Å²) in [6.45, 7) is 8.27. The number of benzene rings is 3. The van der Waals surface area contributed by atoms with Gasteiger partial charge >= 0.3 is 0 Å². The fourth-order valence-corrected chi connectivity index (χ4v) is 4.17. The number of imidazole rings is 1. The topological polar surface area (TPSA) is 56.2 Å². The summed E-state index contributed by atoms with van der Waals surface area (Å²) < 4.78 is 8.36. The van der Waals surface area contributed by atoms with Crippen LogP contribution in [0.15, 0.2) is 66.7 Å². The lowest BCUT2D eigenvalue weighted by Crippen LogP contribution is -2.25. The number of fused-ring (bicyclic) bond motifs is 1. The fourth-order valence-electron chi connectivity index (χ4n) is 4.17. The number of hydrogen-bond donors (Lipinski definition) is 1. The number of para-hydroxylation sites is 2. The Bertz CT molecular complexity index is 1280. The monoisotopic (exact) mass is 455 g/mol. The molecule has 1 heterocycles. The maximum atomic E-state index is 12.4. The van der Waals surface area contributed by atoms with Crippen molar-refractivity contribution in [2.75, 3.05) is 13.2 Å². The Morgan fingerprint density at radius 2 is 1.76 bits per heavy atom. The summed E-state index contributed by atoms with van der Waals surface area (Å²) in [5.41, 5.74) is 6.31. The summed E-state index contributed by atoms with van der Waals surface area (Å²) in [5, 5.41) is 3.03. The Morgan fingerprint density at radius 3 is 2.62 bits per heavy atom. The molecule has 1 aromatic heterocycles. The first-order chi connectivity index (χ1) is 16.5. The Morgan fingerprint density at radius 1 is 0.941 bits per heavy atom. The van der Waals surface area contributed by atoms with Gasteiger partial charge in [-0.15, -0.1) is 0 Å². The number of aromatic nitrogens is 2. The van der Waals surface area contributed by atoms with Crippen LogP contribution >= 0.6 is 0 Å². The Hall–Kier alpha value is -3.60.